The lowest BCUT2D eigenvalue weighted by atomic mass is 9.89. The minimum atomic E-state index is -0.218. The molecule has 1 fully saturated rings. The molecule has 0 amide bonds. The van der Waals surface area contributed by atoms with Crippen molar-refractivity contribution in [2.75, 3.05) is 11.9 Å². The number of fused-ring (bicyclic) bond motifs is 1. The van der Waals surface area contributed by atoms with Gasteiger partial charge in [0.25, 0.3) is 0 Å². The molecule has 96 valence electrons. The highest BCUT2D eigenvalue weighted by atomic mass is 19.1. The second kappa shape index (κ2) is 4.96. The number of anilines is 1. The number of hydrogen-bond acceptors (Lipinski definition) is 2. The molecule has 0 spiro atoms. The molecule has 2 N–H and O–H groups in total. The Balaban J connectivity index is 1.72. The SMILES string of the molecule is Fc1ccc2[nH]nc(NCC3CCCCC3)c2c1. The van der Waals surface area contributed by atoms with Gasteiger partial charge in [-0.3, -0.25) is 5.10 Å². The molecule has 1 aliphatic rings. The van der Waals surface area contributed by atoms with E-state index in [0.29, 0.717) is 0 Å². The summed E-state index contributed by atoms with van der Waals surface area (Å²) >= 11 is 0. The Hall–Kier alpha value is -1.58. The average Bonchev–Trinajstić information content (AvgIpc) is 2.80. The van der Waals surface area contributed by atoms with Crippen molar-refractivity contribution in [1.29, 1.82) is 0 Å². The molecule has 0 atom stereocenters. The van der Waals surface area contributed by atoms with Crippen molar-refractivity contribution in [2.24, 2.45) is 5.92 Å². The Labute approximate surface area is 106 Å². The monoisotopic (exact) mass is 247 g/mol. The average molecular weight is 247 g/mol. The lowest BCUT2D eigenvalue weighted by Gasteiger charge is -2.21. The van der Waals surface area contributed by atoms with Crippen LogP contribution in [-0.2, 0) is 0 Å². The van der Waals surface area contributed by atoms with Crippen LogP contribution in [0.1, 0.15) is 32.1 Å². The zero-order chi connectivity index (χ0) is 12.4. The van der Waals surface area contributed by atoms with Crippen LogP contribution in [0.15, 0.2) is 18.2 Å². The highest BCUT2D eigenvalue weighted by Crippen LogP contribution is 2.25. The minimum absolute atomic E-state index is 0.218. The summed E-state index contributed by atoms with van der Waals surface area (Å²) in [5.41, 5.74) is 0.877. The van der Waals surface area contributed by atoms with Gasteiger partial charge in [0.15, 0.2) is 5.82 Å². The first-order chi connectivity index (χ1) is 8.83. The van der Waals surface area contributed by atoms with E-state index in [1.54, 1.807) is 6.07 Å². The van der Waals surface area contributed by atoms with Crippen LogP contribution in [0, 0.1) is 11.7 Å². The lowest BCUT2D eigenvalue weighted by molar-refractivity contribution is 0.373. The van der Waals surface area contributed by atoms with E-state index in [1.165, 1.54) is 44.2 Å². The smallest absolute Gasteiger partial charge is 0.155 e. The van der Waals surface area contributed by atoms with E-state index < -0.39 is 0 Å². The van der Waals surface area contributed by atoms with Crippen molar-refractivity contribution < 1.29 is 4.39 Å². The zero-order valence-electron chi connectivity index (χ0n) is 10.4. The zero-order valence-corrected chi connectivity index (χ0v) is 10.4. The maximum absolute atomic E-state index is 13.2. The molecule has 1 heterocycles. The molecule has 3 rings (SSSR count). The lowest BCUT2D eigenvalue weighted by Crippen LogP contribution is -2.17. The predicted octanol–water partition coefficient (Wildman–Crippen LogP) is 3.69. The van der Waals surface area contributed by atoms with Crippen molar-refractivity contribution in [1.82, 2.24) is 10.2 Å². The number of halogens is 1. The number of aromatic nitrogens is 2. The molecule has 18 heavy (non-hydrogen) atoms. The van der Waals surface area contributed by atoms with E-state index in [-0.39, 0.29) is 5.82 Å². The number of aromatic amines is 1. The number of benzene rings is 1. The molecule has 0 unspecified atom stereocenters. The summed E-state index contributed by atoms with van der Waals surface area (Å²) in [7, 11) is 0. The summed E-state index contributed by atoms with van der Waals surface area (Å²) in [6, 6.07) is 4.71. The Morgan fingerprint density at radius 2 is 2.11 bits per heavy atom. The fourth-order valence-corrected chi connectivity index (χ4v) is 2.75. The van der Waals surface area contributed by atoms with Gasteiger partial charge >= 0.3 is 0 Å². The standard InChI is InChI=1S/C14H18FN3/c15-11-6-7-13-12(8-11)14(18-17-13)16-9-10-4-2-1-3-5-10/h6-8,10H,1-5,9H2,(H2,16,17,18). The molecule has 1 saturated carbocycles. The van der Waals surface area contributed by atoms with E-state index in [1.807, 2.05) is 0 Å². The van der Waals surface area contributed by atoms with Crippen molar-refractivity contribution in [2.45, 2.75) is 32.1 Å². The topological polar surface area (TPSA) is 40.7 Å². The van der Waals surface area contributed by atoms with Gasteiger partial charge in [-0.25, -0.2) is 4.39 Å². The fraction of sp³-hybridized carbons (Fsp3) is 0.500. The molecule has 2 aromatic rings. The van der Waals surface area contributed by atoms with Gasteiger partial charge in [-0.15, -0.1) is 0 Å². The molecule has 1 aromatic carbocycles. The van der Waals surface area contributed by atoms with Crippen LogP contribution in [0.2, 0.25) is 0 Å². The van der Waals surface area contributed by atoms with E-state index in [4.69, 9.17) is 0 Å². The number of hydrogen-bond donors (Lipinski definition) is 2. The molecular formula is C14H18FN3. The maximum Gasteiger partial charge on any atom is 0.155 e. The van der Waals surface area contributed by atoms with E-state index in [9.17, 15) is 4.39 Å². The molecular weight excluding hydrogens is 229 g/mol. The molecule has 4 heteroatoms. The molecule has 3 nitrogen and oxygen atoms in total. The van der Waals surface area contributed by atoms with Crippen LogP contribution in [0.4, 0.5) is 10.2 Å². The molecule has 0 radical (unpaired) electrons. The normalized spacial score (nSPS) is 17.2. The van der Waals surface area contributed by atoms with Crippen LogP contribution in [0.3, 0.4) is 0 Å². The van der Waals surface area contributed by atoms with Crippen LogP contribution < -0.4 is 5.32 Å². The first-order valence-corrected chi connectivity index (χ1v) is 6.70. The summed E-state index contributed by atoms with van der Waals surface area (Å²) in [5, 5.41) is 11.3. The van der Waals surface area contributed by atoms with Crippen LogP contribution >= 0.6 is 0 Å². The van der Waals surface area contributed by atoms with Gasteiger partial charge in [0.1, 0.15) is 5.82 Å². The predicted molar refractivity (Wildman–Crippen MR) is 71.1 cm³/mol. The number of rotatable bonds is 3. The Morgan fingerprint density at radius 1 is 1.28 bits per heavy atom. The molecule has 0 bridgehead atoms. The van der Waals surface area contributed by atoms with Crippen molar-refractivity contribution in [3.63, 3.8) is 0 Å². The summed E-state index contributed by atoms with van der Waals surface area (Å²) < 4.78 is 13.2. The Morgan fingerprint density at radius 3 is 2.94 bits per heavy atom. The van der Waals surface area contributed by atoms with Gasteiger partial charge < -0.3 is 5.32 Å². The largest absolute Gasteiger partial charge is 0.368 e. The molecule has 1 aromatic heterocycles. The second-order valence-corrected chi connectivity index (χ2v) is 5.15. The summed E-state index contributed by atoms with van der Waals surface area (Å²) in [6.07, 6.45) is 6.63. The first kappa shape index (κ1) is 11.5. The summed E-state index contributed by atoms with van der Waals surface area (Å²) in [6.45, 7) is 0.941. The van der Waals surface area contributed by atoms with E-state index in [0.717, 1.165) is 29.2 Å². The van der Waals surface area contributed by atoms with Gasteiger partial charge in [-0.05, 0) is 37.0 Å². The van der Waals surface area contributed by atoms with Crippen LogP contribution in [0.5, 0.6) is 0 Å². The van der Waals surface area contributed by atoms with Crippen molar-refractivity contribution >= 4 is 16.7 Å². The maximum atomic E-state index is 13.2. The second-order valence-electron chi connectivity index (χ2n) is 5.15. The Kier molecular flexibility index (Phi) is 3.17. The molecule has 0 aliphatic heterocycles. The highest BCUT2D eigenvalue weighted by Gasteiger charge is 2.14. The number of nitrogens with one attached hydrogen (secondary N) is 2. The number of H-pyrrole nitrogens is 1. The fourth-order valence-electron chi connectivity index (χ4n) is 2.75. The Bertz CT molecular complexity index is 529. The van der Waals surface area contributed by atoms with E-state index >= 15 is 0 Å². The third-order valence-electron chi connectivity index (χ3n) is 3.81. The third kappa shape index (κ3) is 2.33. The van der Waals surface area contributed by atoms with Crippen LogP contribution in [-0.4, -0.2) is 16.7 Å². The summed E-state index contributed by atoms with van der Waals surface area (Å²) in [4.78, 5) is 0. The van der Waals surface area contributed by atoms with Gasteiger partial charge in [-0.2, -0.15) is 5.10 Å². The quantitative estimate of drug-likeness (QED) is 0.868. The number of nitrogens with zero attached hydrogens (tertiary/aromatic N) is 1. The molecule has 0 saturated heterocycles. The van der Waals surface area contributed by atoms with Gasteiger partial charge in [0, 0.05) is 11.9 Å². The van der Waals surface area contributed by atoms with Crippen molar-refractivity contribution in [3.8, 4) is 0 Å². The third-order valence-corrected chi connectivity index (χ3v) is 3.81. The van der Waals surface area contributed by atoms with Gasteiger partial charge in [0.2, 0.25) is 0 Å². The van der Waals surface area contributed by atoms with Gasteiger partial charge in [0.05, 0.1) is 5.52 Å². The summed E-state index contributed by atoms with van der Waals surface area (Å²) in [5.74, 6) is 1.29. The van der Waals surface area contributed by atoms with Crippen molar-refractivity contribution in [3.05, 3.63) is 24.0 Å². The van der Waals surface area contributed by atoms with Gasteiger partial charge in [-0.1, -0.05) is 19.3 Å². The molecule has 1 aliphatic carbocycles. The van der Waals surface area contributed by atoms with Crippen LogP contribution in [0.25, 0.3) is 10.9 Å². The van der Waals surface area contributed by atoms with E-state index in [2.05, 4.69) is 15.5 Å². The first-order valence-electron chi connectivity index (χ1n) is 6.70. The highest BCUT2D eigenvalue weighted by molar-refractivity contribution is 5.89. The minimum Gasteiger partial charge on any atom is -0.368 e.